The van der Waals surface area contributed by atoms with Crippen LogP contribution >= 0.6 is 141 Å². The highest BCUT2D eigenvalue weighted by molar-refractivity contribution is 8.23. The Morgan fingerprint density at radius 2 is 0.494 bits per heavy atom. The van der Waals surface area contributed by atoms with E-state index in [9.17, 15) is 0 Å². The van der Waals surface area contributed by atoms with Gasteiger partial charge in [-0.1, -0.05) is 91.0 Å². The van der Waals surface area contributed by atoms with E-state index in [0.29, 0.717) is 16.7 Å². The van der Waals surface area contributed by atoms with E-state index >= 15 is 19.5 Å². The number of amides is 3. The van der Waals surface area contributed by atoms with E-state index in [2.05, 4.69) is 135 Å². The molecule has 0 fully saturated rings. The van der Waals surface area contributed by atoms with Gasteiger partial charge in [-0.2, -0.15) is 0 Å². The van der Waals surface area contributed by atoms with Crippen LogP contribution in [0.15, 0.2) is 150 Å². The molecule has 19 heteroatoms. The largest absolute Gasteiger partial charge is 0.376 e. The van der Waals surface area contributed by atoms with Crippen molar-refractivity contribution in [3.63, 3.8) is 0 Å². The van der Waals surface area contributed by atoms with Crippen molar-refractivity contribution in [1.29, 1.82) is 0 Å². The highest BCUT2D eigenvalue weighted by Gasteiger charge is 2.59. The highest BCUT2D eigenvalue weighted by Crippen LogP contribution is 2.75. The van der Waals surface area contributed by atoms with E-state index < -0.39 is 30.1 Å². The van der Waals surface area contributed by atoms with Gasteiger partial charge in [0.05, 0.1) is 59.3 Å². The maximum absolute atomic E-state index is 16.4. The van der Waals surface area contributed by atoms with Crippen molar-refractivity contribution in [1.82, 2.24) is 16.0 Å². The van der Waals surface area contributed by atoms with Crippen LogP contribution in [0.3, 0.4) is 0 Å². The van der Waals surface area contributed by atoms with Crippen LogP contribution in [0.25, 0.3) is 0 Å². The quantitative estimate of drug-likeness (QED) is 0.0873. The minimum absolute atomic E-state index is 0.144. The summed E-state index contributed by atoms with van der Waals surface area (Å²) in [5.74, 6) is -0.433. The first-order chi connectivity index (χ1) is 38.9. The molecule has 6 aliphatic rings. The number of carbonyl (C=O) groups is 3. The third-order valence-corrected chi connectivity index (χ3v) is 31.9. The third kappa shape index (κ3) is 11.2. The van der Waals surface area contributed by atoms with Crippen LogP contribution in [0.1, 0.15) is 186 Å². The first kappa shape index (κ1) is 61.1. The Hall–Kier alpha value is -2.11. The summed E-state index contributed by atoms with van der Waals surface area (Å²) >= 11 is 20.6. The summed E-state index contributed by atoms with van der Waals surface area (Å²) in [6.07, 6.45) is 0. The molecule has 6 aliphatic heterocycles. The molecule has 0 unspecified atom stereocenters. The summed E-state index contributed by atoms with van der Waals surface area (Å²) in [6.45, 7) is 32.8. The number of rotatable bonds is 12. The summed E-state index contributed by atoms with van der Waals surface area (Å²) in [7, 11) is 0. The number of thioether (sulfide) groups is 12. The number of fused-ring (bicyclic) bond motifs is 6. The number of nitrogens with one attached hydrogen (secondary N) is 3. The molecular formula is C64H67N3O4S12. The topological polar surface area (TPSA) is 108 Å². The van der Waals surface area contributed by atoms with Crippen molar-refractivity contribution in [2.75, 3.05) is 0 Å². The van der Waals surface area contributed by atoms with Gasteiger partial charge in [-0.15, -0.1) is 141 Å². The van der Waals surface area contributed by atoms with Crippen molar-refractivity contribution in [3.8, 4) is 0 Å². The summed E-state index contributed by atoms with van der Waals surface area (Å²) in [4.78, 5) is 57.3. The molecule has 3 amide bonds. The normalized spacial score (nSPS) is 20.5. The first-order valence-corrected chi connectivity index (χ1v) is 37.5. The van der Waals surface area contributed by atoms with Crippen molar-refractivity contribution in [2.45, 2.75) is 211 Å². The fourth-order valence-corrected chi connectivity index (χ4v) is 29.5. The number of hydrogen-bond donors (Lipinski definition) is 4. The van der Waals surface area contributed by atoms with Gasteiger partial charge in [-0.25, -0.2) is 0 Å². The minimum atomic E-state index is -1.95. The minimum Gasteiger partial charge on any atom is -0.376 e. The summed E-state index contributed by atoms with van der Waals surface area (Å²) < 4.78 is -2.67. The molecule has 6 heterocycles. The summed E-state index contributed by atoms with van der Waals surface area (Å²) in [5.41, 5.74) is 5.36. The van der Waals surface area contributed by atoms with Gasteiger partial charge in [0, 0.05) is 75.4 Å². The second-order valence-electron chi connectivity index (χ2n) is 24.4. The molecule has 12 rings (SSSR count). The lowest BCUT2D eigenvalue weighted by molar-refractivity contribution is 0.0924. The predicted octanol–water partition coefficient (Wildman–Crippen LogP) is 20.0. The molecule has 6 aromatic carbocycles. The van der Waals surface area contributed by atoms with Crippen molar-refractivity contribution in [2.24, 2.45) is 0 Å². The SMILES string of the molecule is C[C@H](NC(=O)c1c2c(c(C(O)(c3c4c(c(C(=O)N[C@@H](C)c5ccccc5)c5c3SC(C)(C)S5)SC(C)(C)S4)c3c4c(c(C(=O)N[C@@H](C)c5ccccc5)c5c3SC(C)(C)S5)SC(C)(C)S4)c3c1SC(C)(C)S3)SC(C)(C)S2)c1ccccc1. The maximum atomic E-state index is 16.4. The van der Waals surface area contributed by atoms with Gasteiger partial charge in [0.2, 0.25) is 0 Å². The fraction of sp³-hybridized carbons (Fsp3) is 0.391. The molecular weight excluding hydrogens is 1260 g/mol. The number of hydrogen-bond acceptors (Lipinski definition) is 16. The lowest BCUT2D eigenvalue weighted by Gasteiger charge is -2.39. The van der Waals surface area contributed by atoms with E-state index in [4.69, 9.17) is 0 Å². The first-order valence-electron chi connectivity index (χ1n) is 27.7. The molecule has 0 saturated heterocycles. The summed E-state index contributed by atoms with van der Waals surface area (Å²) in [6, 6.07) is 29.6. The lowest BCUT2D eigenvalue weighted by Crippen LogP contribution is -2.36. The Labute approximate surface area is 540 Å². The Morgan fingerprint density at radius 1 is 0.325 bits per heavy atom. The number of benzene rings is 6. The zero-order valence-electron chi connectivity index (χ0n) is 49.0. The van der Waals surface area contributed by atoms with Crippen LogP contribution in [-0.4, -0.2) is 47.3 Å². The van der Waals surface area contributed by atoms with Crippen LogP contribution in [0.2, 0.25) is 0 Å². The second kappa shape index (κ2) is 21.8. The molecule has 0 aromatic heterocycles. The summed E-state index contributed by atoms with van der Waals surface area (Å²) in [5, 5.41) is 26.7. The molecule has 0 radical (unpaired) electrons. The molecule has 6 aromatic rings. The molecule has 3 atom stereocenters. The molecule has 0 bridgehead atoms. The Balaban J connectivity index is 1.21. The van der Waals surface area contributed by atoms with Crippen LogP contribution in [0.4, 0.5) is 0 Å². The Bertz CT molecular complexity index is 3200. The molecule has 0 aliphatic carbocycles. The van der Waals surface area contributed by atoms with Gasteiger partial charge in [-0.05, 0) is 121 Å². The van der Waals surface area contributed by atoms with E-state index in [1.54, 1.807) is 141 Å². The highest BCUT2D eigenvalue weighted by atomic mass is 32.2. The molecule has 4 N–H and O–H groups in total. The van der Waals surface area contributed by atoms with Crippen molar-refractivity contribution in [3.05, 3.63) is 141 Å². The number of carbonyl (C=O) groups excluding carboxylic acids is 3. The predicted molar refractivity (Wildman–Crippen MR) is 363 cm³/mol. The van der Waals surface area contributed by atoms with Crippen LogP contribution in [0.5, 0.6) is 0 Å². The lowest BCUT2D eigenvalue weighted by atomic mass is 9.78. The molecule has 83 heavy (non-hydrogen) atoms. The Morgan fingerprint density at radius 3 is 0.675 bits per heavy atom. The van der Waals surface area contributed by atoms with Crippen LogP contribution < -0.4 is 16.0 Å². The van der Waals surface area contributed by atoms with Crippen molar-refractivity contribution < 1.29 is 19.5 Å². The van der Waals surface area contributed by atoms with E-state index in [0.717, 1.165) is 92.1 Å². The van der Waals surface area contributed by atoms with Gasteiger partial charge in [0.15, 0.2) is 0 Å². The van der Waals surface area contributed by atoms with E-state index in [1.165, 1.54) is 0 Å². The smallest absolute Gasteiger partial charge is 0.254 e. The maximum Gasteiger partial charge on any atom is 0.254 e. The molecule has 434 valence electrons. The Kier molecular flexibility index (Phi) is 16.1. The van der Waals surface area contributed by atoms with Gasteiger partial charge in [-0.3, -0.25) is 14.4 Å². The zero-order valence-corrected chi connectivity index (χ0v) is 58.8. The van der Waals surface area contributed by atoms with Crippen LogP contribution in [-0.2, 0) is 5.60 Å². The zero-order chi connectivity index (χ0) is 59.3. The molecule has 7 nitrogen and oxygen atoms in total. The molecule has 0 spiro atoms. The standard InChI is InChI=1S/C64H67N3O4S12/c1-31(34-25-19-16-20-26-34)65-55(68)37-43-49(78-58(4,5)72-43)40(50-44(37)73-59(6,7)79-50)64(71,41-51-45(74-60(8,9)80-51)38(46-52(41)81-61(10,11)75-46)56(69)66-32(2)35-27-21-17-22-28-35)42-53-47(76-62(12,13)82-53)39(48-54(42)83-63(14,15)77-48)57(70)67-33(3)36-29-23-18-24-30-36/h16-33,71H,1-15H3,(H,65,68)(H,66,69)(H,67,70)/t31-,32-,33-/m0/s1. The van der Waals surface area contributed by atoms with Crippen LogP contribution in [0, 0.1) is 0 Å². The van der Waals surface area contributed by atoms with E-state index in [1.807, 2.05) is 75.4 Å². The fourth-order valence-electron chi connectivity index (χ4n) is 11.5. The number of aliphatic hydroxyl groups is 1. The van der Waals surface area contributed by atoms with Gasteiger partial charge < -0.3 is 21.1 Å². The van der Waals surface area contributed by atoms with Gasteiger partial charge >= 0.3 is 0 Å². The van der Waals surface area contributed by atoms with E-state index in [-0.39, 0.29) is 35.8 Å². The average molecular weight is 1330 g/mol. The van der Waals surface area contributed by atoms with Gasteiger partial charge in [0.25, 0.3) is 17.7 Å². The third-order valence-electron chi connectivity index (χ3n) is 14.8. The second-order valence-corrected chi connectivity index (χ2v) is 45.5. The molecule has 0 saturated carbocycles. The van der Waals surface area contributed by atoms with Crippen molar-refractivity contribution >= 4 is 159 Å². The van der Waals surface area contributed by atoms with Gasteiger partial charge in [0.1, 0.15) is 5.60 Å². The monoisotopic (exact) mass is 1330 g/mol. The average Bonchev–Trinajstić information content (AvgIpc) is 1.72.